The summed E-state index contributed by atoms with van der Waals surface area (Å²) in [7, 11) is 0. The van der Waals surface area contributed by atoms with Crippen LogP contribution in [-0.2, 0) is 4.79 Å². The zero-order valence-corrected chi connectivity index (χ0v) is 9.85. The van der Waals surface area contributed by atoms with Gasteiger partial charge in [0.15, 0.2) is 6.29 Å². The summed E-state index contributed by atoms with van der Waals surface area (Å²) in [6, 6.07) is 7.22. The minimum Gasteiger partial charge on any atom is -0.357 e. The molecular weight excluding hydrogens is 216 g/mol. The largest absolute Gasteiger partial charge is 0.357 e. The normalized spacial score (nSPS) is 19.9. The quantitative estimate of drug-likeness (QED) is 0.797. The summed E-state index contributed by atoms with van der Waals surface area (Å²) in [5.74, 6) is 0.0412. The first-order valence-electron chi connectivity index (χ1n) is 5.86. The van der Waals surface area contributed by atoms with E-state index in [9.17, 15) is 9.59 Å². The van der Waals surface area contributed by atoms with Gasteiger partial charge in [-0.05, 0) is 18.6 Å². The van der Waals surface area contributed by atoms with E-state index in [1.54, 1.807) is 6.07 Å². The zero-order chi connectivity index (χ0) is 12.3. The van der Waals surface area contributed by atoms with Crippen molar-refractivity contribution in [1.82, 2.24) is 5.32 Å². The van der Waals surface area contributed by atoms with E-state index in [2.05, 4.69) is 5.32 Å². The number of carbonyl (C=O) groups is 2. The molecule has 0 saturated carbocycles. The molecule has 1 aliphatic rings. The highest BCUT2D eigenvalue weighted by Gasteiger charge is 2.29. The average molecular weight is 232 g/mol. The number of nitrogens with one attached hydrogen (secondary N) is 1. The van der Waals surface area contributed by atoms with Crippen LogP contribution in [0.25, 0.3) is 0 Å². The van der Waals surface area contributed by atoms with Crippen LogP contribution >= 0.6 is 0 Å². The first-order valence-corrected chi connectivity index (χ1v) is 5.86. The van der Waals surface area contributed by atoms with Crippen molar-refractivity contribution in [2.24, 2.45) is 0 Å². The second-order valence-electron chi connectivity index (χ2n) is 4.09. The number of nitrogens with zero attached hydrogens (tertiary/aromatic N) is 1. The van der Waals surface area contributed by atoms with Crippen LogP contribution in [0.2, 0.25) is 0 Å². The van der Waals surface area contributed by atoms with Crippen molar-refractivity contribution in [2.45, 2.75) is 19.4 Å². The van der Waals surface area contributed by atoms with E-state index in [1.165, 1.54) is 0 Å². The Morgan fingerprint density at radius 3 is 2.94 bits per heavy atom. The maximum Gasteiger partial charge on any atom is 0.242 e. The van der Waals surface area contributed by atoms with Crippen LogP contribution in [0.5, 0.6) is 0 Å². The number of hydrogen-bond donors (Lipinski definition) is 1. The Hall–Kier alpha value is -1.84. The van der Waals surface area contributed by atoms with E-state index in [1.807, 2.05) is 30.0 Å². The predicted octanol–water partition coefficient (Wildman–Crippen LogP) is 1.21. The Balaban J connectivity index is 2.36. The van der Waals surface area contributed by atoms with Gasteiger partial charge in [-0.1, -0.05) is 19.1 Å². The third kappa shape index (κ3) is 2.16. The lowest BCUT2D eigenvalue weighted by molar-refractivity contribution is -0.123. The number of carbonyl (C=O) groups excluding carboxylic acids is 2. The monoisotopic (exact) mass is 232 g/mol. The van der Waals surface area contributed by atoms with E-state index in [4.69, 9.17) is 0 Å². The number of amides is 1. The Bertz CT molecular complexity index is 431. The van der Waals surface area contributed by atoms with Crippen LogP contribution in [0.15, 0.2) is 24.3 Å². The summed E-state index contributed by atoms with van der Waals surface area (Å²) in [6.07, 6.45) is 1.58. The molecule has 1 atom stereocenters. The van der Waals surface area contributed by atoms with Crippen molar-refractivity contribution in [1.29, 1.82) is 0 Å². The van der Waals surface area contributed by atoms with Crippen molar-refractivity contribution in [3.05, 3.63) is 29.8 Å². The Labute approximate surface area is 101 Å². The number of benzene rings is 1. The molecule has 1 aliphatic heterocycles. The van der Waals surface area contributed by atoms with Crippen molar-refractivity contribution in [3.8, 4) is 0 Å². The molecule has 1 fully saturated rings. The number of hydrogen-bond acceptors (Lipinski definition) is 3. The molecule has 1 amide bonds. The maximum atomic E-state index is 11.8. The average Bonchev–Trinajstić information content (AvgIpc) is 2.38. The molecule has 2 rings (SSSR count). The van der Waals surface area contributed by atoms with E-state index in [0.29, 0.717) is 12.1 Å². The van der Waals surface area contributed by atoms with Crippen LogP contribution in [0.3, 0.4) is 0 Å². The van der Waals surface area contributed by atoms with Crippen LogP contribution in [0.4, 0.5) is 5.69 Å². The molecule has 17 heavy (non-hydrogen) atoms. The van der Waals surface area contributed by atoms with Gasteiger partial charge >= 0.3 is 0 Å². The summed E-state index contributed by atoms with van der Waals surface area (Å²) >= 11 is 0. The van der Waals surface area contributed by atoms with Gasteiger partial charge in [0, 0.05) is 24.3 Å². The lowest BCUT2D eigenvalue weighted by Crippen LogP contribution is -2.55. The molecule has 1 unspecified atom stereocenters. The maximum absolute atomic E-state index is 11.8. The number of aldehydes is 1. The standard InChI is InChI=1S/C13H16N2O2/c1-2-11-13(17)14-7-8-15(11)12-6-4-3-5-10(12)9-16/h3-6,9,11H,2,7-8H2,1H3,(H,14,17). The number of anilines is 1. The lowest BCUT2D eigenvalue weighted by Gasteiger charge is -2.36. The highest BCUT2D eigenvalue weighted by molar-refractivity contribution is 5.90. The summed E-state index contributed by atoms with van der Waals surface area (Å²) in [6.45, 7) is 3.35. The predicted molar refractivity (Wildman–Crippen MR) is 66.3 cm³/mol. The van der Waals surface area contributed by atoms with Crippen molar-refractivity contribution >= 4 is 17.9 Å². The zero-order valence-electron chi connectivity index (χ0n) is 9.85. The fourth-order valence-corrected chi connectivity index (χ4v) is 2.26. The van der Waals surface area contributed by atoms with Gasteiger partial charge in [0.1, 0.15) is 6.04 Å². The van der Waals surface area contributed by atoms with E-state index >= 15 is 0 Å². The van der Waals surface area contributed by atoms with Gasteiger partial charge < -0.3 is 10.2 Å². The summed E-state index contributed by atoms with van der Waals surface area (Å²) < 4.78 is 0. The lowest BCUT2D eigenvalue weighted by atomic mass is 10.1. The summed E-state index contributed by atoms with van der Waals surface area (Å²) in [5.41, 5.74) is 1.49. The minimum absolute atomic E-state index is 0.0412. The van der Waals surface area contributed by atoms with Gasteiger partial charge in [-0.15, -0.1) is 0 Å². The molecule has 1 saturated heterocycles. The summed E-state index contributed by atoms with van der Waals surface area (Å²) in [4.78, 5) is 24.8. The first-order chi connectivity index (χ1) is 8.27. The highest BCUT2D eigenvalue weighted by Crippen LogP contribution is 2.23. The molecule has 0 aromatic heterocycles. The minimum atomic E-state index is -0.176. The fourth-order valence-electron chi connectivity index (χ4n) is 2.26. The van der Waals surface area contributed by atoms with E-state index in [0.717, 1.165) is 24.9 Å². The van der Waals surface area contributed by atoms with Gasteiger partial charge in [-0.25, -0.2) is 0 Å². The van der Waals surface area contributed by atoms with Crippen molar-refractivity contribution in [3.63, 3.8) is 0 Å². The molecule has 1 N–H and O–H groups in total. The van der Waals surface area contributed by atoms with Crippen molar-refractivity contribution in [2.75, 3.05) is 18.0 Å². The van der Waals surface area contributed by atoms with Crippen LogP contribution < -0.4 is 10.2 Å². The van der Waals surface area contributed by atoms with E-state index in [-0.39, 0.29) is 11.9 Å². The third-order valence-electron chi connectivity index (χ3n) is 3.09. The van der Waals surface area contributed by atoms with Crippen LogP contribution in [-0.4, -0.2) is 31.3 Å². The van der Waals surface area contributed by atoms with E-state index < -0.39 is 0 Å². The molecule has 0 aliphatic carbocycles. The molecule has 0 radical (unpaired) electrons. The molecule has 1 aromatic rings. The third-order valence-corrected chi connectivity index (χ3v) is 3.09. The molecule has 4 nitrogen and oxygen atoms in total. The van der Waals surface area contributed by atoms with Crippen LogP contribution in [0, 0.1) is 0 Å². The fraction of sp³-hybridized carbons (Fsp3) is 0.385. The Morgan fingerprint density at radius 1 is 1.47 bits per heavy atom. The SMILES string of the molecule is CCC1C(=O)NCCN1c1ccccc1C=O. The number of rotatable bonds is 3. The summed E-state index contributed by atoms with van der Waals surface area (Å²) in [5, 5.41) is 2.85. The molecular formula is C13H16N2O2. The molecule has 1 heterocycles. The number of para-hydroxylation sites is 1. The highest BCUT2D eigenvalue weighted by atomic mass is 16.2. The Kier molecular flexibility index (Phi) is 3.42. The van der Waals surface area contributed by atoms with Gasteiger partial charge in [0.05, 0.1) is 0 Å². The molecule has 0 spiro atoms. The molecule has 1 aromatic carbocycles. The topological polar surface area (TPSA) is 49.4 Å². The van der Waals surface area contributed by atoms with Gasteiger partial charge in [-0.3, -0.25) is 9.59 Å². The molecule has 4 heteroatoms. The van der Waals surface area contributed by atoms with Gasteiger partial charge in [0.2, 0.25) is 5.91 Å². The van der Waals surface area contributed by atoms with Gasteiger partial charge in [0.25, 0.3) is 0 Å². The first kappa shape index (κ1) is 11.6. The Morgan fingerprint density at radius 2 is 2.24 bits per heavy atom. The molecule has 90 valence electrons. The van der Waals surface area contributed by atoms with Crippen molar-refractivity contribution < 1.29 is 9.59 Å². The number of piperazine rings is 1. The molecule has 0 bridgehead atoms. The smallest absolute Gasteiger partial charge is 0.242 e. The van der Waals surface area contributed by atoms with Gasteiger partial charge in [-0.2, -0.15) is 0 Å². The van der Waals surface area contributed by atoms with Crippen LogP contribution in [0.1, 0.15) is 23.7 Å². The second kappa shape index (κ2) is 4.99. The second-order valence-corrected chi connectivity index (χ2v) is 4.09.